The predicted molar refractivity (Wildman–Crippen MR) is 92.9 cm³/mol. The molecule has 0 atom stereocenters. The van der Waals surface area contributed by atoms with Gasteiger partial charge in [0.25, 0.3) is 0 Å². The number of aromatic carboxylic acids is 1. The van der Waals surface area contributed by atoms with Crippen LogP contribution in [0.4, 0.5) is 4.39 Å². The van der Waals surface area contributed by atoms with Crippen molar-refractivity contribution in [1.29, 1.82) is 0 Å². The zero-order valence-corrected chi connectivity index (χ0v) is 13.5. The van der Waals surface area contributed by atoms with E-state index in [1.54, 1.807) is 36.4 Å². The van der Waals surface area contributed by atoms with E-state index in [2.05, 4.69) is 5.32 Å². The summed E-state index contributed by atoms with van der Waals surface area (Å²) in [4.78, 5) is 10.9. The molecule has 0 aliphatic rings. The van der Waals surface area contributed by atoms with Crippen molar-refractivity contribution in [2.45, 2.75) is 13.0 Å². The lowest BCUT2D eigenvalue weighted by molar-refractivity contribution is 0.0697. The number of rotatable bonds is 7. The standard InChI is InChI=1S/C20H18FNO3/c21-18-4-2-1-3-14(18)11-12-22-13-17-9-10-19(25-17)15-5-7-16(8-6-15)20(23)24/h1-10,22H,11-13H2,(H,23,24). The number of furan rings is 1. The molecular weight excluding hydrogens is 321 g/mol. The summed E-state index contributed by atoms with van der Waals surface area (Å²) in [5.41, 5.74) is 1.75. The van der Waals surface area contributed by atoms with E-state index in [1.807, 2.05) is 18.2 Å². The van der Waals surface area contributed by atoms with Crippen molar-refractivity contribution < 1.29 is 18.7 Å². The number of carboxylic acid groups (broad SMARTS) is 1. The van der Waals surface area contributed by atoms with Gasteiger partial charge in [-0.15, -0.1) is 0 Å². The van der Waals surface area contributed by atoms with Crippen molar-refractivity contribution in [3.8, 4) is 11.3 Å². The van der Waals surface area contributed by atoms with Crippen LogP contribution in [0.5, 0.6) is 0 Å². The third-order valence-electron chi connectivity index (χ3n) is 3.91. The Bertz CT molecular complexity index is 855. The molecule has 0 spiro atoms. The number of benzene rings is 2. The minimum Gasteiger partial charge on any atom is -0.478 e. The Kier molecular flexibility index (Phi) is 5.26. The van der Waals surface area contributed by atoms with Crippen LogP contribution in [0.3, 0.4) is 0 Å². The summed E-state index contributed by atoms with van der Waals surface area (Å²) in [6.45, 7) is 1.19. The summed E-state index contributed by atoms with van der Waals surface area (Å²) in [6.07, 6.45) is 0.608. The Morgan fingerprint density at radius 1 is 1.04 bits per heavy atom. The van der Waals surface area contributed by atoms with Gasteiger partial charge in [-0.2, -0.15) is 0 Å². The van der Waals surface area contributed by atoms with E-state index in [1.165, 1.54) is 6.07 Å². The highest BCUT2D eigenvalue weighted by atomic mass is 19.1. The molecule has 0 unspecified atom stereocenters. The lowest BCUT2D eigenvalue weighted by Gasteiger charge is -2.04. The molecule has 2 aromatic carbocycles. The topological polar surface area (TPSA) is 62.5 Å². The molecular formula is C20H18FNO3. The van der Waals surface area contributed by atoms with Gasteiger partial charge in [-0.25, -0.2) is 9.18 Å². The van der Waals surface area contributed by atoms with Gasteiger partial charge in [-0.05, 0) is 48.9 Å². The number of nitrogens with one attached hydrogen (secondary N) is 1. The summed E-state index contributed by atoms with van der Waals surface area (Å²) >= 11 is 0. The Hall–Kier alpha value is -2.92. The van der Waals surface area contributed by atoms with E-state index < -0.39 is 5.97 Å². The van der Waals surface area contributed by atoms with Crippen LogP contribution >= 0.6 is 0 Å². The van der Waals surface area contributed by atoms with Gasteiger partial charge in [0.1, 0.15) is 17.3 Å². The van der Waals surface area contributed by atoms with Gasteiger partial charge in [0.05, 0.1) is 12.1 Å². The molecule has 2 N–H and O–H groups in total. The van der Waals surface area contributed by atoms with Gasteiger partial charge in [0.2, 0.25) is 0 Å². The Balaban J connectivity index is 1.53. The summed E-state index contributed by atoms with van der Waals surface area (Å²) in [6, 6.07) is 17.0. The van der Waals surface area contributed by atoms with Crippen LogP contribution in [0.15, 0.2) is 65.1 Å². The van der Waals surface area contributed by atoms with Crippen molar-refractivity contribution in [1.82, 2.24) is 5.32 Å². The number of carbonyl (C=O) groups is 1. The van der Waals surface area contributed by atoms with Crippen LogP contribution in [0, 0.1) is 5.82 Å². The van der Waals surface area contributed by atoms with E-state index in [0.29, 0.717) is 30.8 Å². The van der Waals surface area contributed by atoms with Crippen LogP contribution < -0.4 is 5.32 Å². The summed E-state index contributed by atoms with van der Waals surface area (Å²) in [5.74, 6) is 0.314. The highest BCUT2D eigenvalue weighted by molar-refractivity contribution is 5.88. The van der Waals surface area contributed by atoms with Gasteiger partial charge in [0, 0.05) is 5.56 Å². The van der Waals surface area contributed by atoms with Gasteiger partial charge in [-0.3, -0.25) is 0 Å². The third kappa shape index (κ3) is 4.33. The maximum atomic E-state index is 13.5. The number of carboxylic acids is 1. The van der Waals surface area contributed by atoms with E-state index in [0.717, 1.165) is 11.3 Å². The van der Waals surface area contributed by atoms with Crippen molar-refractivity contribution in [3.05, 3.63) is 83.4 Å². The number of halogens is 1. The molecule has 3 aromatic rings. The molecule has 0 radical (unpaired) electrons. The molecule has 5 heteroatoms. The molecule has 0 amide bonds. The third-order valence-corrected chi connectivity index (χ3v) is 3.91. The second-order valence-corrected chi connectivity index (χ2v) is 5.67. The molecule has 4 nitrogen and oxygen atoms in total. The molecule has 128 valence electrons. The first-order valence-corrected chi connectivity index (χ1v) is 8.00. The Morgan fingerprint density at radius 2 is 1.80 bits per heavy atom. The SMILES string of the molecule is O=C(O)c1ccc(-c2ccc(CNCCc3ccccc3F)o2)cc1. The molecule has 0 saturated heterocycles. The van der Waals surface area contributed by atoms with E-state index in [-0.39, 0.29) is 11.4 Å². The minimum absolute atomic E-state index is 0.186. The Morgan fingerprint density at radius 3 is 2.52 bits per heavy atom. The fourth-order valence-electron chi connectivity index (χ4n) is 2.54. The first kappa shape index (κ1) is 16.9. The summed E-state index contributed by atoms with van der Waals surface area (Å²) < 4.78 is 19.3. The molecule has 3 rings (SSSR count). The van der Waals surface area contributed by atoms with Crippen molar-refractivity contribution in [2.24, 2.45) is 0 Å². The highest BCUT2D eigenvalue weighted by Crippen LogP contribution is 2.22. The van der Waals surface area contributed by atoms with Crippen LogP contribution in [-0.2, 0) is 13.0 Å². The van der Waals surface area contributed by atoms with E-state index in [9.17, 15) is 9.18 Å². The molecule has 0 saturated carbocycles. The molecule has 25 heavy (non-hydrogen) atoms. The van der Waals surface area contributed by atoms with Gasteiger partial charge >= 0.3 is 5.97 Å². The first-order chi connectivity index (χ1) is 12.1. The van der Waals surface area contributed by atoms with Gasteiger partial charge in [0.15, 0.2) is 0 Å². The van der Waals surface area contributed by atoms with E-state index in [4.69, 9.17) is 9.52 Å². The lowest BCUT2D eigenvalue weighted by Crippen LogP contribution is -2.16. The van der Waals surface area contributed by atoms with Gasteiger partial charge < -0.3 is 14.8 Å². The second-order valence-electron chi connectivity index (χ2n) is 5.67. The zero-order chi connectivity index (χ0) is 17.6. The van der Waals surface area contributed by atoms with Crippen LogP contribution in [0.1, 0.15) is 21.7 Å². The summed E-state index contributed by atoms with van der Waals surface area (Å²) in [7, 11) is 0. The molecule has 1 aromatic heterocycles. The second kappa shape index (κ2) is 7.77. The number of hydrogen-bond acceptors (Lipinski definition) is 3. The van der Waals surface area contributed by atoms with Crippen molar-refractivity contribution in [2.75, 3.05) is 6.54 Å². The quantitative estimate of drug-likeness (QED) is 0.636. The van der Waals surface area contributed by atoms with Crippen molar-refractivity contribution >= 4 is 5.97 Å². The molecule has 0 fully saturated rings. The average molecular weight is 339 g/mol. The fourth-order valence-corrected chi connectivity index (χ4v) is 2.54. The molecule has 1 heterocycles. The molecule has 0 aliphatic carbocycles. The smallest absolute Gasteiger partial charge is 0.335 e. The lowest BCUT2D eigenvalue weighted by atomic mass is 10.1. The largest absolute Gasteiger partial charge is 0.478 e. The van der Waals surface area contributed by atoms with Crippen LogP contribution in [0.2, 0.25) is 0 Å². The predicted octanol–water partition coefficient (Wildman–Crippen LogP) is 4.12. The maximum Gasteiger partial charge on any atom is 0.335 e. The van der Waals surface area contributed by atoms with Crippen molar-refractivity contribution in [3.63, 3.8) is 0 Å². The normalized spacial score (nSPS) is 10.8. The van der Waals surface area contributed by atoms with Gasteiger partial charge in [-0.1, -0.05) is 30.3 Å². The minimum atomic E-state index is -0.953. The monoisotopic (exact) mass is 339 g/mol. The molecule has 0 aliphatic heterocycles. The first-order valence-electron chi connectivity index (χ1n) is 8.00. The highest BCUT2D eigenvalue weighted by Gasteiger charge is 2.07. The van der Waals surface area contributed by atoms with E-state index >= 15 is 0 Å². The maximum absolute atomic E-state index is 13.5. The number of hydrogen-bond donors (Lipinski definition) is 2. The zero-order valence-electron chi connectivity index (χ0n) is 13.5. The summed E-state index contributed by atoms with van der Waals surface area (Å²) in [5, 5.41) is 12.1. The van der Waals surface area contributed by atoms with Crippen LogP contribution in [-0.4, -0.2) is 17.6 Å². The molecule has 0 bridgehead atoms. The van der Waals surface area contributed by atoms with Crippen LogP contribution in [0.25, 0.3) is 11.3 Å². The Labute approximate surface area is 144 Å². The average Bonchev–Trinajstić information content (AvgIpc) is 3.09. The fraction of sp³-hybridized carbons (Fsp3) is 0.150.